The topological polar surface area (TPSA) is 96.3 Å². The van der Waals surface area contributed by atoms with Gasteiger partial charge in [0.1, 0.15) is 4.88 Å². The number of hydrogen-bond donors (Lipinski definition) is 2. The van der Waals surface area contributed by atoms with Crippen LogP contribution in [-0.2, 0) is 14.3 Å². The fourth-order valence-corrected chi connectivity index (χ4v) is 6.21. The molecule has 1 saturated carbocycles. The van der Waals surface area contributed by atoms with Crippen LogP contribution < -0.4 is 4.90 Å². The largest absolute Gasteiger partial charge is 0.477 e. The van der Waals surface area contributed by atoms with Crippen molar-refractivity contribution in [2.24, 2.45) is 11.3 Å². The first-order valence-corrected chi connectivity index (χ1v) is 14.6. The van der Waals surface area contributed by atoms with E-state index in [0.717, 1.165) is 30.6 Å². The third-order valence-corrected chi connectivity index (χ3v) is 8.71. The third-order valence-electron chi connectivity index (χ3n) is 7.68. The first kappa shape index (κ1) is 28.8. The Morgan fingerprint density at radius 2 is 1.97 bits per heavy atom. The fourth-order valence-electron chi connectivity index (χ4n) is 5.37. The Morgan fingerprint density at radius 1 is 1.24 bits per heavy atom. The fraction of sp³-hybridized carbons (Fsp3) is 0.667. The maximum Gasteiger partial charge on any atom is 0.348 e. The molecule has 1 aromatic heterocycles. The van der Waals surface area contributed by atoms with E-state index in [-0.39, 0.29) is 40.9 Å². The van der Waals surface area contributed by atoms with Gasteiger partial charge in [-0.25, -0.2) is 4.79 Å². The van der Waals surface area contributed by atoms with Crippen molar-refractivity contribution in [2.45, 2.75) is 96.8 Å². The average molecular weight is 544 g/mol. The standard InChI is InChI=1S/C30H41NO6S/c1-20-5-7-21(8-6-20)27(32)31(25-17-24(11-13-29(2,3)4)38-26(25)28(33)34)22-9-14-30(35,15-10-22)19-37-23-12-16-36-18-23/h5,17,21-23,35H,6-10,12,14-16,18-19H2,1-4H3,(H,33,34)/t21-,22-,23?,30+/m0/s1. The van der Waals surface area contributed by atoms with Gasteiger partial charge in [-0.15, -0.1) is 11.3 Å². The molecule has 1 amide bonds. The lowest BCUT2D eigenvalue weighted by Crippen LogP contribution is -2.50. The smallest absolute Gasteiger partial charge is 0.348 e. The Morgan fingerprint density at radius 3 is 2.55 bits per heavy atom. The molecular weight excluding hydrogens is 502 g/mol. The van der Waals surface area contributed by atoms with Gasteiger partial charge in [-0.2, -0.15) is 0 Å². The van der Waals surface area contributed by atoms with E-state index < -0.39 is 11.6 Å². The number of ether oxygens (including phenoxy) is 2. The zero-order valence-corrected chi connectivity index (χ0v) is 23.9. The second-order valence-electron chi connectivity index (χ2n) is 12.1. The van der Waals surface area contributed by atoms with E-state index in [1.165, 1.54) is 5.57 Å². The lowest BCUT2D eigenvalue weighted by atomic mass is 9.81. The predicted molar refractivity (Wildman–Crippen MR) is 149 cm³/mol. The van der Waals surface area contributed by atoms with Crippen LogP contribution in [0.3, 0.4) is 0 Å². The Kier molecular flexibility index (Phi) is 9.03. The summed E-state index contributed by atoms with van der Waals surface area (Å²) in [5, 5.41) is 21.3. The van der Waals surface area contributed by atoms with Crippen LogP contribution in [0.4, 0.5) is 5.69 Å². The summed E-state index contributed by atoms with van der Waals surface area (Å²) >= 11 is 1.13. The van der Waals surface area contributed by atoms with E-state index in [4.69, 9.17) is 9.47 Å². The van der Waals surface area contributed by atoms with Gasteiger partial charge in [0.2, 0.25) is 5.91 Å². The van der Waals surface area contributed by atoms with Crippen molar-refractivity contribution >= 4 is 28.9 Å². The monoisotopic (exact) mass is 543 g/mol. The Labute approximate surface area is 230 Å². The first-order valence-electron chi connectivity index (χ1n) is 13.7. The van der Waals surface area contributed by atoms with Crippen LogP contribution in [0.25, 0.3) is 0 Å². The van der Waals surface area contributed by atoms with Crippen LogP contribution in [-0.4, -0.2) is 59.7 Å². The molecule has 2 N–H and O–H groups in total. The number of rotatable bonds is 7. The van der Waals surface area contributed by atoms with Crippen molar-refractivity contribution in [3.8, 4) is 11.8 Å². The maximum absolute atomic E-state index is 14.0. The molecule has 2 aliphatic carbocycles. The Bertz CT molecular complexity index is 1110. The molecule has 4 rings (SSSR count). The molecule has 3 aliphatic rings. The van der Waals surface area contributed by atoms with Crippen LogP contribution in [0.15, 0.2) is 17.7 Å². The number of thiophene rings is 1. The average Bonchev–Trinajstić information content (AvgIpc) is 3.53. The van der Waals surface area contributed by atoms with E-state index in [1.54, 1.807) is 11.0 Å². The number of hydrogen-bond acceptors (Lipinski definition) is 6. The molecule has 1 aliphatic heterocycles. The highest BCUT2D eigenvalue weighted by molar-refractivity contribution is 7.15. The van der Waals surface area contributed by atoms with E-state index in [1.807, 2.05) is 20.8 Å². The molecule has 7 nitrogen and oxygen atoms in total. The van der Waals surface area contributed by atoms with Crippen molar-refractivity contribution in [3.05, 3.63) is 27.5 Å². The summed E-state index contributed by atoms with van der Waals surface area (Å²) in [5.74, 6) is 5.05. The van der Waals surface area contributed by atoms with E-state index in [2.05, 4.69) is 24.8 Å². The quantitative estimate of drug-likeness (QED) is 0.353. The molecule has 8 heteroatoms. The molecule has 0 spiro atoms. The molecule has 2 heterocycles. The molecule has 1 saturated heterocycles. The summed E-state index contributed by atoms with van der Waals surface area (Å²) in [5.41, 5.74) is 0.548. The van der Waals surface area contributed by atoms with E-state index in [0.29, 0.717) is 55.9 Å². The van der Waals surface area contributed by atoms with Gasteiger partial charge < -0.3 is 24.6 Å². The van der Waals surface area contributed by atoms with Gasteiger partial charge in [-0.3, -0.25) is 4.79 Å². The van der Waals surface area contributed by atoms with Crippen LogP contribution in [0.1, 0.15) is 93.6 Å². The van der Waals surface area contributed by atoms with Crippen LogP contribution in [0.2, 0.25) is 0 Å². The van der Waals surface area contributed by atoms with Crippen molar-refractivity contribution < 1.29 is 29.3 Å². The molecule has 208 valence electrons. The van der Waals surface area contributed by atoms with Gasteiger partial charge >= 0.3 is 5.97 Å². The summed E-state index contributed by atoms with van der Waals surface area (Å²) in [6.07, 6.45) is 7.41. The number of carbonyl (C=O) groups is 2. The summed E-state index contributed by atoms with van der Waals surface area (Å²) < 4.78 is 11.3. The number of carbonyl (C=O) groups excluding carboxylic acids is 1. The van der Waals surface area contributed by atoms with Crippen LogP contribution in [0.5, 0.6) is 0 Å². The highest BCUT2D eigenvalue weighted by atomic mass is 32.1. The lowest BCUT2D eigenvalue weighted by Gasteiger charge is -2.42. The number of carboxylic acid groups (broad SMARTS) is 1. The summed E-state index contributed by atoms with van der Waals surface area (Å²) in [4.78, 5) is 28.9. The number of amides is 1. The van der Waals surface area contributed by atoms with Gasteiger partial charge in [0.25, 0.3) is 0 Å². The van der Waals surface area contributed by atoms with Crippen molar-refractivity contribution in [3.63, 3.8) is 0 Å². The zero-order valence-electron chi connectivity index (χ0n) is 23.0. The Balaban J connectivity index is 1.60. The second kappa shape index (κ2) is 11.9. The maximum atomic E-state index is 14.0. The SMILES string of the molecule is CC1=CC[C@H](C(=O)N(c2cc(C#CC(C)(C)C)sc2C(=O)O)[C@H]2CC[C@](O)(COC3CCOC3)CC2)CC1. The normalized spacial score (nSPS) is 27.8. The van der Waals surface area contributed by atoms with Crippen molar-refractivity contribution in [1.29, 1.82) is 0 Å². The number of nitrogens with zero attached hydrogens (tertiary/aromatic N) is 1. The van der Waals surface area contributed by atoms with Crippen LogP contribution >= 0.6 is 11.3 Å². The van der Waals surface area contributed by atoms with Gasteiger partial charge in [0, 0.05) is 24.0 Å². The molecular formula is C30H41NO6S. The van der Waals surface area contributed by atoms with Gasteiger partial charge in [-0.1, -0.05) is 23.5 Å². The zero-order chi connectivity index (χ0) is 27.5. The van der Waals surface area contributed by atoms with E-state index >= 15 is 0 Å². The molecule has 0 radical (unpaired) electrons. The minimum absolute atomic E-state index is 0.0224. The van der Waals surface area contributed by atoms with Gasteiger partial charge in [-0.05, 0) is 85.1 Å². The number of allylic oxidation sites excluding steroid dienone is 2. The van der Waals surface area contributed by atoms with Crippen LogP contribution in [0, 0.1) is 23.2 Å². The summed E-state index contributed by atoms with van der Waals surface area (Å²) in [6, 6.07) is 1.58. The molecule has 38 heavy (non-hydrogen) atoms. The highest BCUT2D eigenvalue weighted by Crippen LogP contribution is 2.40. The first-order chi connectivity index (χ1) is 17.9. The van der Waals surface area contributed by atoms with E-state index in [9.17, 15) is 19.8 Å². The molecule has 1 unspecified atom stereocenters. The number of anilines is 1. The van der Waals surface area contributed by atoms with Crippen molar-refractivity contribution in [1.82, 2.24) is 0 Å². The predicted octanol–water partition coefficient (Wildman–Crippen LogP) is 5.40. The highest BCUT2D eigenvalue weighted by Gasteiger charge is 2.41. The third kappa shape index (κ3) is 7.26. The molecule has 0 bridgehead atoms. The van der Waals surface area contributed by atoms with Gasteiger partial charge in [0.05, 0.1) is 35.5 Å². The lowest BCUT2D eigenvalue weighted by molar-refractivity contribution is -0.124. The Hall–Kier alpha value is -2.18. The minimum Gasteiger partial charge on any atom is -0.477 e. The summed E-state index contributed by atoms with van der Waals surface area (Å²) in [7, 11) is 0. The number of carboxylic acids is 1. The number of aromatic carboxylic acids is 1. The molecule has 2 atom stereocenters. The van der Waals surface area contributed by atoms with Crippen molar-refractivity contribution in [2.75, 3.05) is 24.7 Å². The summed E-state index contributed by atoms with van der Waals surface area (Å²) in [6.45, 7) is 9.61. The second-order valence-corrected chi connectivity index (χ2v) is 13.2. The number of aliphatic hydroxyl groups is 1. The van der Waals surface area contributed by atoms with Gasteiger partial charge in [0.15, 0.2) is 0 Å². The molecule has 2 fully saturated rings. The minimum atomic E-state index is -1.05. The molecule has 1 aromatic rings. The molecule has 0 aromatic carbocycles.